The highest BCUT2D eigenvalue weighted by Crippen LogP contribution is 2.46. The first kappa shape index (κ1) is 19.0. The lowest BCUT2D eigenvalue weighted by Gasteiger charge is -2.19. The van der Waals surface area contributed by atoms with Crippen LogP contribution in [0.4, 0.5) is 10.1 Å². The van der Waals surface area contributed by atoms with E-state index in [4.69, 9.17) is 4.74 Å². The van der Waals surface area contributed by atoms with Gasteiger partial charge in [0, 0.05) is 24.2 Å². The van der Waals surface area contributed by atoms with Gasteiger partial charge < -0.3 is 20.1 Å². The predicted octanol–water partition coefficient (Wildman–Crippen LogP) is 3.40. The van der Waals surface area contributed by atoms with Gasteiger partial charge >= 0.3 is 5.97 Å². The third kappa shape index (κ3) is 3.44. The Balaban J connectivity index is 1.71. The molecule has 0 radical (unpaired) electrons. The van der Waals surface area contributed by atoms with Crippen molar-refractivity contribution in [2.45, 2.75) is 25.3 Å². The van der Waals surface area contributed by atoms with E-state index in [1.54, 1.807) is 19.1 Å². The van der Waals surface area contributed by atoms with Gasteiger partial charge in [-0.15, -0.1) is 0 Å². The normalized spacial score (nSPS) is 20.1. The number of aromatic hydroxyl groups is 1. The van der Waals surface area contributed by atoms with E-state index in [-0.39, 0.29) is 24.2 Å². The number of phenols is 1. The van der Waals surface area contributed by atoms with Gasteiger partial charge in [-0.1, -0.05) is 12.1 Å². The highest BCUT2D eigenvalue weighted by atomic mass is 19.1. The standard InChI is InChI=1S/C22H21FN2O4/c1-2-29-22(28)17-12-25(21(27)13-6-8-14(23)9-7-13)11-10-16-15-4-3-5-18(26)20(15)24-19(16)17/h3-9,12,16,19,24,26H,2,10-11H2,1H3. The second kappa shape index (κ2) is 7.58. The molecule has 0 saturated carbocycles. The minimum absolute atomic E-state index is 0.0984. The van der Waals surface area contributed by atoms with Crippen molar-refractivity contribution in [1.29, 1.82) is 0 Å². The number of carbonyl (C=O) groups excluding carboxylic acids is 2. The van der Waals surface area contributed by atoms with E-state index in [1.807, 2.05) is 6.07 Å². The first-order valence-corrected chi connectivity index (χ1v) is 9.53. The van der Waals surface area contributed by atoms with E-state index in [0.29, 0.717) is 29.8 Å². The Hall–Kier alpha value is -3.35. The summed E-state index contributed by atoms with van der Waals surface area (Å²) in [6, 6.07) is 10.2. The molecule has 2 aromatic carbocycles. The molecular weight excluding hydrogens is 375 g/mol. The molecule has 0 bridgehead atoms. The Morgan fingerprint density at radius 3 is 2.72 bits per heavy atom. The van der Waals surface area contributed by atoms with E-state index in [0.717, 1.165) is 5.56 Å². The van der Waals surface area contributed by atoms with E-state index < -0.39 is 17.8 Å². The summed E-state index contributed by atoms with van der Waals surface area (Å²) in [7, 11) is 0. The van der Waals surface area contributed by atoms with Gasteiger partial charge in [-0.2, -0.15) is 0 Å². The summed E-state index contributed by atoms with van der Waals surface area (Å²) < 4.78 is 18.4. The first-order chi connectivity index (χ1) is 14.0. The number of nitrogens with one attached hydrogen (secondary N) is 1. The van der Waals surface area contributed by atoms with Crippen molar-refractivity contribution in [3.8, 4) is 5.75 Å². The van der Waals surface area contributed by atoms with Crippen molar-refractivity contribution in [3.05, 3.63) is 71.2 Å². The number of benzene rings is 2. The molecule has 0 spiro atoms. The lowest BCUT2D eigenvalue weighted by atomic mass is 9.88. The summed E-state index contributed by atoms with van der Waals surface area (Å²) >= 11 is 0. The largest absolute Gasteiger partial charge is 0.506 e. The number of esters is 1. The zero-order chi connectivity index (χ0) is 20.5. The number of carbonyl (C=O) groups is 2. The Labute approximate surface area is 167 Å². The van der Waals surface area contributed by atoms with Crippen molar-refractivity contribution < 1.29 is 23.8 Å². The molecule has 0 aliphatic carbocycles. The van der Waals surface area contributed by atoms with Crippen LogP contribution in [0.25, 0.3) is 0 Å². The highest BCUT2D eigenvalue weighted by Gasteiger charge is 2.41. The number of hydrogen-bond acceptors (Lipinski definition) is 5. The minimum atomic E-state index is -0.513. The highest BCUT2D eigenvalue weighted by molar-refractivity contribution is 5.97. The Morgan fingerprint density at radius 2 is 2.00 bits per heavy atom. The van der Waals surface area contributed by atoms with E-state index in [9.17, 15) is 19.1 Å². The van der Waals surface area contributed by atoms with Crippen LogP contribution < -0.4 is 5.32 Å². The molecule has 2 atom stereocenters. The number of halogens is 1. The molecule has 0 fully saturated rings. The maximum absolute atomic E-state index is 13.2. The number of rotatable bonds is 3. The molecule has 2 aliphatic heterocycles. The lowest BCUT2D eigenvalue weighted by molar-refractivity contribution is -0.138. The Morgan fingerprint density at radius 1 is 1.24 bits per heavy atom. The summed E-state index contributed by atoms with van der Waals surface area (Å²) in [4.78, 5) is 27.1. The van der Waals surface area contributed by atoms with Crippen molar-refractivity contribution in [1.82, 2.24) is 4.90 Å². The Kier molecular flexibility index (Phi) is 4.96. The molecule has 0 saturated heterocycles. The smallest absolute Gasteiger partial charge is 0.337 e. The van der Waals surface area contributed by atoms with Gasteiger partial charge in [0.1, 0.15) is 11.6 Å². The summed E-state index contributed by atoms with van der Waals surface area (Å²) in [5.41, 5.74) is 2.17. The van der Waals surface area contributed by atoms with Crippen LogP contribution in [0.1, 0.15) is 35.2 Å². The van der Waals surface area contributed by atoms with Gasteiger partial charge in [-0.05, 0) is 49.2 Å². The van der Waals surface area contributed by atoms with Gasteiger partial charge in [0.25, 0.3) is 5.91 Å². The molecule has 150 valence electrons. The second-order valence-corrected chi connectivity index (χ2v) is 7.07. The summed E-state index contributed by atoms with van der Waals surface area (Å²) in [5.74, 6) is -1.23. The number of anilines is 1. The van der Waals surface area contributed by atoms with E-state index in [1.165, 1.54) is 35.4 Å². The number of phenolic OH excluding ortho intramolecular Hbond substituents is 1. The molecule has 2 aliphatic rings. The second-order valence-electron chi connectivity index (χ2n) is 7.07. The maximum atomic E-state index is 13.2. The van der Waals surface area contributed by atoms with Crippen LogP contribution in [-0.4, -0.2) is 41.1 Å². The van der Waals surface area contributed by atoms with Gasteiger partial charge in [0.15, 0.2) is 0 Å². The molecule has 6 nitrogen and oxygen atoms in total. The molecular formula is C22H21FN2O4. The molecule has 0 aromatic heterocycles. The van der Waals surface area contributed by atoms with Crippen molar-refractivity contribution in [2.75, 3.05) is 18.5 Å². The fraction of sp³-hybridized carbons (Fsp3) is 0.273. The zero-order valence-corrected chi connectivity index (χ0v) is 15.9. The third-order valence-corrected chi connectivity index (χ3v) is 5.35. The average molecular weight is 396 g/mol. The fourth-order valence-corrected chi connectivity index (χ4v) is 3.98. The molecule has 2 unspecified atom stereocenters. The SMILES string of the molecule is CCOC(=O)C1=CN(C(=O)c2ccc(F)cc2)CCC2c3cccc(O)c3NC12. The van der Waals surface area contributed by atoms with Gasteiger partial charge in [0.05, 0.1) is 23.9 Å². The number of para-hydroxylation sites is 1. The predicted molar refractivity (Wildman–Crippen MR) is 105 cm³/mol. The van der Waals surface area contributed by atoms with Crippen LogP contribution in [-0.2, 0) is 9.53 Å². The number of amides is 1. The maximum Gasteiger partial charge on any atom is 0.337 e. The molecule has 2 N–H and O–H groups in total. The van der Waals surface area contributed by atoms with Gasteiger partial charge in [-0.25, -0.2) is 9.18 Å². The number of fused-ring (bicyclic) bond motifs is 3. The van der Waals surface area contributed by atoms with Crippen LogP contribution >= 0.6 is 0 Å². The van der Waals surface area contributed by atoms with Crippen molar-refractivity contribution in [3.63, 3.8) is 0 Å². The molecule has 2 heterocycles. The van der Waals surface area contributed by atoms with Crippen LogP contribution in [0.3, 0.4) is 0 Å². The van der Waals surface area contributed by atoms with E-state index in [2.05, 4.69) is 5.32 Å². The quantitative estimate of drug-likeness (QED) is 0.614. The number of hydrogen-bond donors (Lipinski definition) is 2. The van der Waals surface area contributed by atoms with Gasteiger partial charge in [0.2, 0.25) is 0 Å². The van der Waals surface area contributed by atoms with Gasteiger partial charge in [-0.3, -0.25) is 4.79 Å². The molecule has 29 heavy (non-hydrogen) atoms. The monoisotopic (exact) mass is 396 g/mol. The van der Waals surface area contributed by atoms with Crippen LogP contribution in [0.5, 0.6) is 5.75 Å². The molecule has 7 heteroatoms. The van der Waals surface area contributed by atoms with Crippen molar-refractivity contribution >= 4 is 17.6 Å². The fourth-order valence-electron chi connectivity index (χ4n) is 3.98. The zero-order valence-electron chi connectivity index (χ0n) is 15.9. The minimum Gasteiger partial charge on any atom is -0.506 e. The summed E-state index contributed by atoms with van der Waals surface area (Å²) in [6.07, 6.45) is 2.10. The number of nitrogens with zero attached hydrogens (tertiary/aromatic N) is 1. The molecule has 4 rings (SSSR count). The van der Waals surface area contributed by atoms with Crippen LogP contribution in [0, 0.1) is 5.82 Å². The van der Waals surface area contributed by atoms with Crippen LogP contribution in [0.2, 0.25) is 0 Å². The Bertz CT molecular complexity index is 987. The lowest BCUT2D eigenvalue weighted by Crippen LogP contribution is -2.29. The average Bonchev–Trinajstić information content (AvgIpc) is 2.97. The number of ether oxygens (including phenoxy) is 1. The molecule has 1 amide bonds. The third-order valence-electron chi connectivity index (χ3n) is 5.35. The molecule has 2 aromatic rings. The van der Waals surface area contributed by atoms with Crippen LogP contribution in [0.15, 0.2) is 54.2 Å². The summed E-state index contributed by atoms with van der Waals surface area (Å²) in [6.45, 7) is 2.30. The summed E-state index contributed by atoms with van der Waals surface area (Å²) in [5, 5.41) is 13.4. The first-order valence-electron chi connectivity index (χ1n) is 9.53. The topological polar surface area (TPSA) is 78.9 Å². The van der Waals surface area contributed by atoms with Crippen molar-refractivity contribution in [2.24, 2.45) is 0 Å². The van der Waals surface area contributed by atoms with E-state index >= 15 is 0 Å².